The van der Waals surface area contributed by atoms with E-state index in [9.17, 15) is 5.11 Å². The van der Waals surface area contributed by atoms with Gasteiger partial charge in [0.05, 0.1) is 0 Å². The van der Waals surface area contributed by atoms with Gasteiger partial charge in [-0.1, -0.05) is 0 Å². The molecular formula is C25H24O2Se2. The fourth-order valence-electron chi connectivity index (χ4n) is 2.62. The molecule has 0 atom stereocenters. The fraction of sp³-hybridized carbons (Fsp3) is 0.120. The minimum atomic E-state index is -0.0325. The Morgan fingerprint density at radius 1 is 0.793 bits per heavy atom. The van der Waals surface area contributed by atoms with Crippen LogP contribution in [-0.4, -0.2) is 41.6 Å². The Bertz CT molecular complexity index is 893. The Hall–Kier alpha value is -2.22. The van der Waals surface area contributed by atoms with Gasteiger partial charge in [0, 0.05) is 0 Å². The summed E-state index contributed by atoms with van der Waals surface area (Å²) in [6.07, 6.45) is 2.48. The van der Waals surface area contributed by atoms with Crippen molar-refractivity contribution in [1.29, 1.82) is 0 Å². The third-order valence-corrected chi connectivity index (χ3v) is 8.44. The molecule has 3 aromatic carbocycles. The van der Waals surface area contributed by atoms with E-state index in [4.69, 9.17) is 4.74 Å². The van der Waals surface area contributed by atoms with E-state index in [0.29, 0.717) is 12.4 Å². The van der Waals surface area contributed by atoms with Gasteiger partial charge < -0.3 is 0 Å². The van der Waals surface area contributed by atoms with Crippen LogP contribution in [0.2, 0.25) is 0 Å². The molecule has 0 aliphatic carbocycles. The molecule has 0 spiro atoms. The van der Waals surface area contributed by atoms with Crippen molar-refractivity contribution in [3.8, 4) is 0 Å². The molecule has 0 aromatic heterocycles. The normalized spacial score (nSPS) is 12.4. The van der Waals surface area contributed by atoms with Crippen molar-refractivity contribution in [2.45, 2.75) is 13.3 Å². The summed E-state index contributed by atoms with van der Waals surface area (Å²) < 4.78 is 10.0. The van der Waals surface area contributed by atoms with E-state index in [1.165, 1.54) is 14.5 Å². The Morgan fingerprint density at radius 2 is 1.31 bits per heavy atom. The van der Waals surface area contributed by atoms with Gasteiger partial charge in [0.25, 0.3) is 0 Å². The summed E-state index contributed by atoms with van der Waals surface area (Å²) in [5.74, 6) is 0.384. The topological polar surface area (TPSA) is 29.5 Å². The molecule has 0 aliphatic rings. The van der Waals surface area contributed by atoms with Crippen LogP contribution in [0.1, 0.15) is 12.5 Å². The van der Waals surface area contributed by atoms with Crippen molar-refractivity contribution in [1.82, 2.24) is 0 Å². The first-order valence-electron chi connectivity index (χ1n) is 9.50. The molecule has 0 fully saturated rings. The van der Waals surface area contributed by atoms with Gasteiger partial charge in [-0.3, -0.25) is 0 Å². The molecule has 29 heavy (non-hydrogen) atoms. The van der Waals surface area contributed by atoms with E-state index in [0.717, 1.165) is 15.4 Å². The zero-order valence-electron chi connectivity index (χ0n) is 16.3. The fourth-order valence-corrected chi connectivity index (χ4v) is 6.95. The number of benzene rings is 3. The van der Waals surface area contributed by atoms with E-state index in [1.54, 1.807) is 6.26 Å². The van der Waals surface area contributed by atoms with Gasteiger partial charge in [-0.2, -0.15) is 0 Å². The average molecular weight is 514 g/mol. The van der Waals surface area contributed by atoms with Crippen LogP contribution in [0.15, 0.2) is 112 Å². The molecule has 0 saturated carbocycles. The van der Waals surface area contributed by atoms with Crippen molar-refractivity contribution in [3.05, 3.63) is 118 Å². The summed E-state index contributed by atoms with van der Waals surface area (Å²) in [5.41, 5.74) is 1.20. The zero-order chi connectivity index (χ0) is 20.3. The Kier molecular flexibility index (Phi) is 8.67. The number of hydrogen-bond acceptors (Lipinski definition) is 2. The average Bonchev–Trinajstić information content (AvgIpc) is 2.78. The van der Waals surface area contributed by atoms with Crippen LogP contribution in [0, 0.1) is 0 Å². The Balaban J connectivity index is 1.97. The van der Waals surface area contributed by atoms with Crippen LogP contribution >= 0.6 is 0 Å². The SMILES string of the molecule is CCO/C=C([Se]c1ccccc1)/C(O)=C(/Cc1ccccc1)[Se]c1ccccc1. The van der Waals surface area contributed by atoms with E-state index < -0.39 is 0 Å². The molecule has 3 aromatic rings. The summed E-state index contributed by atoms with van der Waals surface area (Å²) in [6, 6.07) is 31.0. The van der Waals surface area contributed by atoms with Crippen LogP contribution in [-0.2, 0) is 11.2 Å². The van der Waals surface area contributed by atoms with Crippen molar-refractivity contribution < 1.29 is 9.84 Å². The first kappa shape index (κ1) is 21.5. The predicted molar refractivity (Wildman–Crippen MR) is 123 cm³/mol. The van der Waals surface area contributed by atoms with Crippen LogP contribution in [0.25, 0.3) is 0 Å². The molecule has 0 saturated heterocycles. The van der Waals surface area contributed by atoms with Gasteiger partial charge in [-0.05, 0) is 0 Å². The summed E-state index contributed by atoms with van der Waals surface area (Å²) in [5, 5.41) is 11.3. The monoisotopic (exact) mass is 516 g/mol. The van der Waals surface area contributed by atoms with E-state index in [1.807, 2.05) is 49.4 Å². The molecule has 0 unspecified atom stereocenters. The van der Waals surface area contributed by atoms with E-state index >= 15 is 0 Å². The third kappa shape index (κ3) is 6.96. The van der Waals surface area contributed by atoms with E-state index in [-0.39, 0.29) is 29.9 Å². The van der Waals surface area contributed by atoms with Crippen molar-refractivity contribution >= 4 is 38.8 Å². The van der Waals surface area contributed by atoms with E-state index in [2.05, 4.69) is 48.5 Å². The number of allylic oxidation sites excluding steroid dienone is 2. The molecule has 148 valence electrons. The maximum absolute atomic E-state index is 11.3. The number of hydrogen-bond donors (Lipinski definition) is 1. The predicted octanol–water partition coefficient (Wildman–Crippen LogP) is 3.94. The van der Waals surface area contributed by atoms with Gasteiger partial charge in [-0.25, -0.2) is 0 Å². The standard InChI is InChI=1S/C25H24O2Se2/c1-2-27-19-24(29-22-16-10-5-11-17-22)25(26)23(18-20-12-6-3-7-13-20)28-21-14-8-4-9-15-21/h3-17,19,26H,2,18H2,1H3/b24-19-,25-23+. The molecule has 0 radical (unpaired) electrons. The van der Waals surface area contributed by atoms with Crippen LogP contribution < -0.4 is 8.92 Å². The number of rotatable bonds is 9. The van der Waals surface area contributed by atoms with Gasteiger partial charge >= 0.3 is 186 Å². The molecule has 2 nitrogen and oxygen atoms in total. The first-order valence-corrected chi connectivity index (χ1v) is 12.9. The van der Waals surface area contributed by atoms with Gasteiger partial charge in [0.2, 0.25) is 0 Å². The number of aliphatic hydroxyl groups is 1. The Labute approximate surface area is 185 Å². The van der Waals surface area contributed by atoms with Gasteiger partial charge in [-0.15, -0.1) is 0 Å². The minimum absolute atomic E-state index is 0.0270. The summed E-state index contributed by atoms with van der Waals surface area (Å²) in [7, 11) is 0. The van der Waals surface area contributed by atoms with Gasteiger partial charge in [0.15, 0.2) is 0 Å². The number of ether oxygens (including phenoxy) is 1. The molecular weight excluding hydrogens is 490 g/mol. The molecule has 3 rings (SSSR count). The second-order valence-corrected chi connectivity index (χ2v) is 11.0. The molecule has 0 amide bonds. The van der Waals surface area contributed by atoms with Crippen LogP contribution in [0.4, 0.5) is 0 Å². The molecule has 0 heterocycles. The molecule has 0 bridgehead atoms. The third-order valence-electron chi connectivity index (χ3n) is 4.02. The van der Waals surface area contributed by atoms with Crippen LogP contribution in [0.3, 0.4) is 0 Å². The quantitative estimate of drug-likeness (QED) is 0.267. The summed E-state index contributed by atoms with van der Waals surface area (Å²) >= 11 is -0.00548. The molecule has 1 N–H and O–H groups in total. The second-order valence-electron chi connectivity index (χ2n) is 6.20. The maximum atomic E-state index is 11.3. The number of aliphatic hydroxyl groups excluding tert-OH is 1. The van der Waals surface area contributed by atoms with Gasteiger partial charge in [0.1, 0.15) is 0 Å². The second kappa shape index (κ2) is 11.7. The molecule has 4 heteroatoms. The summed E-state index contributed by atoms with van der Waals surface area (Å²) in [6.45, 7) is 2.54. The van der Waals surface area contributed by atoms with Crippen LogP contribution in [0.5, 0.6) is 0 Å². The van der Waals surface area contributed by atoms with Crippen molar-refractivity contribution in [2.75, 3.05) is 6.61 Å². The Morgan fingerprint density at radius 3 is 1.86 bits per heavy atom. The summed E-state index contributed by atoms with van der Waals surface area (Å²) in [4.78, 5) is 0. The first-order chi connectivity index (χ1) is 14.3. The molecule has 0 aliphatic heterocycles. The van der Waals surface area contributed by atoms with Crippen molar-refractivity contribution in [2.24, 2.45) is 0 Å². The van der Waals surface area contributed by atoms with Crippen molar-refractivity contribution in [3.63, 3.8) is 0 Å². The zero-order valence-corrected chi connectivity index (χ0v) is 19.7.